The molecule has 20 heavy (non-hydrogen) atoms. The molecule has 104 valence electrons. The highest BCUT2D eigenvalue weighted by Crippen LogP contribution is 2.12. The van der Waals surface area contributed by atoms with Crippen molar-refractivity contribution in [3.8, 4) is 0 Å². The zero-order valence-electron chi connectivity index (χ0n) is 11.3. The van der Waals surface area contributed by atoms with Crippen LogP contribution in [0.15, 0.2) is 42.6 Å². The second-order valence-corrected chi connectivity index (χ2v) is 5.20. The molecule has 0 amide bonds. The molecule has 0 bridgehead atoms. The molecule has 0 spiro atoms. The van der Waals surface area contributed by atoms with E-state index >= 15 is 0 Å². The van der Waals surface area contributed by atoms with E-state index in [1.54, 1.807) is 6.20 Å². The fourth-order valence-electron chi connectivity index (χ4n) is 1.99. The van der Waals surface area contributed by atoms with Crippen molar-refractivity contribution in [3.05, 3.63) is 64.4 Å². The van der Waals surface area contributed by atoms with Gasteiger partial charge in [-0.05, 0) is 42.4 Å². The number of nitrogen functional groups attached to an aromatic ring is 1. The summed E-state index contributed by atoms with van der Waals surface area (Å²) in [4.78, 5) is 6.24. The topological polar surface area (TPSA) is 66.0 Å². The van der Waals surface area contributed by atoms with E-state index < -0.39 is 0 Å². The minimum Gasteiger partial charge on any atom is -0.382 e. The molecule has 0 atom stereocenters. The first-order chi connectivity index (χ1) is 9.54. The van der Waals surface area contributed by atoms with Crippen molar-refractivity contribution in [2.75, 3.05) is 7.05 Å². The molecule has 0 aliphatic rings. The average molecular weight is 289 g/mol. The number of hydrogen-bond acceptors (Lipinski definition) is 3. The van der Waals surface area contributed by atoms with Gasteiger partial charge >= 0.3 is 0 Å². The number of benzene rings is 1. The molecule has 4 nitrogen and oxygen atoms in total. The van der Waals surface area contributed by atoms with Crippen LogP contribution in [0, 0.1) is 5.41 Å². The highest BCUT2D eigenvalue weighted by molar-refractivity contribution is 6.30. The number of nitrogens with two attached hydrogens (primary N) is 1. The SMILES string of the molecule is CN(Cc1ccc(Cl)cc1)Cc1ccnc(C(=N)N)c1. The molecule has 0 saturated carbocycles. The summed E-state index contributed by atoms with van der Waals surface area (Å²) in [7, 11) is 2.04. The van der Waals surface area contributed by atoms with Gasteiger partial charge in [-0.2, -0.15) is 0 Å². The summed E-state index contributed by atoms with van der Waals surface area (Å²) in [6, 6.07) is 11.6. The van der Waals surface area contributed by atoms with Gasteiger partial charge in [0.25, 0.3) is 0 Å². The third kappa shape index (κ3) is 4.05. The molecule has 5 heteroatoms. The Morgan fingerprint density at radius 3 is 2.50 bits per heavy atom. The number of pyridine rings is 1. The summed E-state index contributed by atoms with van der Waals surface area (Å²) >= 11 is 5.87. The van der Waals surface area contributed by atoms with Crippen LogP contribution in [0.5, 0.6) is 0 Å². The molecule has 0 aliphatic carbocycles. The Bertz CT molecular complexity index is 595. The van der Waals surface area contributed by atoms with E-state index in [9.17, 15) is 0 Å². The zero-order valence-corrected chi connectivity index (χ0v) is 12.1. The number of nitrogens with one attached hydrogen (secondary N) is 1. The van der Waals surface area contributed by atoms with Crippen molar-refractivity contribution in [1.29, 1.82) is 5.41 Å². The van der Waals surface area contributed by atoms with Crippen LogP contribution in [0.1, 0.15) is 16.8 Å². The lowest BCUT2D eigenvalue weighted by Crippen LogP contribution is -2.18. The Balaban J connectivity index is 2.00. The Morgan fingerprint density at radius 2 is 1.85 bits per heavy atom. The first-order valence-electron chi connectivity index (χ1n) is 6.27. The summed E-state index contributed by atoms with van der Waals surface area (Å²) in [5, 5.41) is 8.15. The van der Waals surface area contributed by atoms with Crippen molar-refractivity contribution < 1.29 is 0 Å². The Morgan fingerprint density at radius 1 is 1.20 bits per heavy atom. The van der Waals surface area contributed by atoms with Gasteiger partial charge in [0.15, 0.2) is 0 Å². The maximum absolute atomic E-state index is 7.40. The quantitative estimate of drug-likeness (QED) is 0.656. The van der Waals surface area contributed by atoms with E-state index in [-0.39, 0.29) is 5.84 Å². The normalized spacial score (nSPS) is 10.8. The van der Waals surface area contributed by atoms with Crippen LogP contribution in [-0.2, 0) is 13.1 Å². The van der Waals surface area contributed by atoms with Crippen LogP contribution >= 0.6 is 11.6 Å². The highest BCUT2D eigenvalue weighted by Gasteiger charge is 2.04. The van der Waals surface area contributed by atoms with Gasteiger partial charge in [-0.25, -0.2) is 0 Å². The van der Waals surface area contributed by atoms with Gasteiger partial charge in [0.05, 0.1) is 0 Å². The van der Waals surface area contributed by atoms with Crippen LogP contribution in [0.4, 0.5) is 0 Å². The van der Waals surface area contributed by atoms with Gasteiger partial charge in [0, 0.05) is 24.3 Å². The average Bonchev–Trinajstić information content (AvgIpc) is 2.41. The number of halogens is 1. The Kier molecular flexibility index (Phi) is 4.71. The van der Waals surface area contributed by atoms with Crippen LogP contribution < -0.4 is 5.73 Å². The molecule has 1 aromatic carbocycles. The summed E-state index contributed by atoms with van der Waals surface area (Å²) in [5.41, 5.74) is 8.25. The molecule has 3 N–H and O–H groups in total. The van der Waals surface area contributed by atoms with Crippen LogP contribution in [0.3, 0.4) is 0 Å². The van der Waals surface area contributed by atoms with E-state index in [4.69, 9.17) is 22.7 Å². The second kappa shape index (κ2) is 6.50. The molecule has 1 aromatic heterocycles. The van der Waals surface area contributed by atoms with Crippen LogP contribution in [0.2, 0.25) is 5.02 Å². The maximum atomic E-state index is 7.40. The molecule has 1 heterocycles. The van der Waals surface area contributed by atoms with Crippen molar-refractivity contribution in [3.63, 3.8) is 0 Å². The second-order valence-electron chi connectivity index (χ2n) is 4.76. The van der Waals surface area contributed by atoms with Gasteiger partial charge in [-0.3, -0.25) is 15.3 Å². The maximum Gasteiger partial charge on any atom is 0.141 e. The summed E-state index contributed by atoms with van der Waals surface area (Å²) in [6.07, 6.45) is 1.68. The van der Waals surface area contributed by atoms with E-state index in [1.807, 2.05) is 43.4 Å². The first-order valence-corrected chi connectivity index (χ1v) is 6.64. The van der Waals surface area contributed by atoms with Crippen LogP contribution in [-0.4, -0.2) is 22.8 Å². The molecule has 0 aliphatic heterocycles. The predicted octanol–water partition coefficient (Wildman–Crippen LogP) is 2.65. The Hall–Kier alpha value is -1.91. The molecular formula is C15H17ClN4. The smallest absolute Gasteiger partial charge is 0.141 e. The number of aromatic nitrogens is 1. The Labute approximate surface area is 123 Å². The summed E-state index contributed by atoms with van der Waals surface area (Å²) in [6.45, 7) is 1.60. The minimum atomic E-state index is -0.00722. The first kappa shape index (κ1) is 14.5. The number of rotatable bonds is 5. The molecule has 2 rings (SSSR count). The van der Waals surface area contributed by atoms with E-state index in [1.165, 1.54) is 5.56 Å². The van der Waals surface area contributed by atoms with Gasteiger partial charge < -0.3 is 5.73 Å². The van der Waals surface area contributed by atoms with Crippen LogP contribution in [0.25, 0.3) is 0 Å². The van der Waals surface area contributed by atoms with Gasteiger partial charge in [-0.1, -0.05) is 23.7 Å². The van der Waals surface area contributed by atoms with Crippen molar-refractivity contribution in [2.24, 2.45) is 5.73 Å². The third-order valence-corrected chi connectivity index (χ3v) is 3.17. The molecule has 0 radical (unpaired) electrons. The number of hydrogen-bond donors (Lipinski definition) is 2. The number of nitrogens with zero attached hydrogens (tertiary/aromatic N) is 2. The highest BCUT2D eigenvalue weighted by atomic mass is 35.5. The van der Waals surface area contributed by atoms with Gasteiger partial charge in [-0.15, -0.1) is 0 Å². The molecule has 0 fully saturated rings. The summed E-state index contributed by atoms with van der Waals surface area (Å²) < 4.78 is 0. The van der Waals surface area contributed by atoms with Crippen molar-refractivity contribution >= 4 is 17.4 Å². The fraction of sp³-hybridized carbons (Fsp3) is 0.200. The predicted molar refractivity (Wildman–Crippen MR) is 81.9 cm³/mol. The van der Waals surface area contributed by atoms with E-state index in [2.05, 4.69) is 9.88 Å². The monoisotopic (exact) mass is 288 g/mol. The third-order valence-electron chi connectivity index (χ3n) is 2.92. The van der Waals surface area contributed by atoms with E-state index in [0.717, 1.165) is 23.7 Å². The molecule has 0 saturated heterocycles. The largest absolute Gasteiger partial charge is 0.382 e. The number of amidine groups is 1. The van der Waals surface area contributed by atoms with E-state index in [0.29, 0.717) is 5.69 Å². The lowest BCUT2D eigenvalue weighted by molar-refractivity contribution is 0.319. The van der Waals surface area contributed by atoms with Crippen molar-refractivity contribution in [2.45, 2.75) is 13.1 Å². The standard InChI is InChI=1S/C15H17ClN4/c1-20(9-11-2-4-13(16)5-3-11)10-12-6-7-19-14(8-12)15(17)18/h2-8H,9-10H2,1H3,(H3,17,18). The van der Waals surface area contributed by atoms with Gasteiger partial charge in [0.1, 0.15) is 11.5 Å². The lowest BCUT2D eigenvalue weighted by atomic mass is 10.2. The molecular weight excluding hydrogens is 272 g/mol. The fourth-order valence-corrected chi connectivity index (χ4v) is 2.11. The molecule has 0 unspecified atom stereocenters. The van der Waals surface area contributed by atoms with Gasteiger partial charge in [0.2, 0.25) is 0 Å². The zero-order chi connectivity index (χ0) is 14.5. The summed E-state index contributed by atoms with van der Waals surface area (Å²) in [5.74, 6) is -0.00722. The van der Waals surface area contributed by atoms with Crippen molar-refractivity contribution in [1.82, 2.24) is 9.88 Å². The molecule has 2 aromatic rings. The lowest BCUT2D eigenvalue weighted by Gasteiger charge is -2.17. The minimum absolute atomic E-state index is 0.00722.